The van der Waals surface area contributed by atoms with Crippen LogP contribution in [0.1, 0.15) is 23.4 Å². The Morgan fingerprint density at radius 1 is 1.06 bits per heavy atom. The molecular weight excluding hydrogens is 466 g/mol. The van der Waals surface area contributed by atoms with Crippen molar-refractivity contribution in [3.05, 3.63) is 71.9 Å². The summed E-state index contributed by atoms with van der Waals surface area (Å²) in [5.74, 6) is 1.10. The number of pyridine rings is 1. The zero-order chi connectivity index (χ0) is 25.2. The molecule has 1 aromatic carbocycles. The third-order valence-electron chi connectivity index (χ3n) is 5.74. The van der Waals surface area contributed by atoms with E-state index in [2.05, 4.69) is 30.6 Å². The van der Waals surface area contributed by atoms with E-state index in [1.807, 2.05) is 37.3 Å². The molecule has 0 radical (unpaired) electrons. The van der Waals surface area contributed by atoms with Gasteiger partial charge in [-0.3, -0.25) is 9.25 Å². The van der Waals surface area contributed by atoms with E-state index in [-0.39, 0.29) is 11.3 Å². The molecule has 0 spiro atoms. The number of benzene rings is 1. The number of hydrogen-bond donors (Lipinski definition) is 1. The number of nitrogens with one attached hydrogen (secondary N) is 1. The number of ether oxygens (including phenoxy) is 1. The Balaban J connectivity index is 1.51. The highest BCUT2D eigenvalue weighted by atomic mass is 19.3. The molecule has 0 atom stereocenters. The molecule has 36 heavy (non-hydrogen) atoms. The number of fused-ring (bicyclic) bond motifs is 1. The van der Waals surface area contributed by atoms with Gasteiger partial charge in [0.1, 0.15) is 12.1 Å². The average molecular weight is 491 g/mol. The predicted molar refractivity (Wildman–Crippen MR) is 132 cm³/mol. The number of alkyl halides is 2. The van der Waals surface area contributed by atoms with Crippen molar-refractivity contribution in [2.45, 2.75) is 26.8 Å². The molecule has 0 saturated heterocycles. The summed E-state index contributed by atoms with van der Waals surface area (Å²) in [4.78, 5) is 9.13. The Morgan fingerprint density at radius 3 is 2.67 bits per heavy atom. The van der Waals surface area contributed by atoms with Crippen LogP contribution in [0.15, 0.2) is 55.0 Å². The lowest BCUT2D eigenvalue weighted by molar-refractivity contribution is 0.151. The fraction of sp³-hybridized carbons (Fsp3) is 0.240. The van der Waals surface area contributed by atoms with Gasteiger partial charge in [-0.25, -0.2) is 18.7 Å². The predicted octanol–water partition coefficient (Wildman–Crippen LogP) is 5.02. The molecule has 5 aromatic rings. The van der Waals surface area contributed by atoms with Gasteiger partial charge < -0.3 is 10.1 Å². The van der Waals surface area contributed by atoms with Crippen LogP contribution in [0.25, 0.3) is 28.1 Å². The van der Waals surface area contributed by atoms with E-state index in [9.17, 15) is 8.78 Å². The first-order valence-electron chi connectivity index (χ1n) is 11.3. The van der Waals surface area contributed by atoms with Crippen LogP contribution in [0.2, 0.25) is 0 Å². The maximum absolute atomic E-state index is 13.9. The standard InChI is InChI=1S/C25H24F2N8O/c1-15-4-8-22(32-31-15)29-17-5-7-21-20(12-17)28-14-35(21)23-9-6-18(25(26)27)24(30-23)19-13-34(10-11-36-3)33-16(19)2/h4-9,12-14,25H,10-11H2,1-3H3,(H,29,32). The van der Waals surface area contributed by atoms with E-state index in [1.54, 1.807) is 41.9 Å². The minimum absolute atomic E-state index is 0.150. The molecular formula is C25H24F2N8O. The van der Waals surface area contributed by atoms with Crippen LogP contribution < -0.4 is 5.32 Å². The topological polar surface area (TPSA) is 95.6 Å². The second-order valence-corrected chi connectivity index (χ2v) is 8.30. The summed E-state index contributed by atoms with van der Waals surface area (Å²) in [6.45, 7) is 4.63. The monoisotopic (exact) mass is 490 g/mol. The Bertz CT molecular complexity index is 1510. The number of anilines is 2. The molecule has 4 heterocycles. The summed E-state index contributed by atoms with van der Waals surface area (Å²) in [5, 5.41) is 15.8. The second-order valence-electron chi connectivity index (χ2n) is 8.30. The molecule has 0 aliphatic rings. The molecule has 0 fully saturated rings. The van der Waals surface area contributed by atoms with Crippen molar-refractivity contribution < 1.29 is 13.5 Å². The summed E-state index contributed by atoms with van der Waals surface area (Å²) in [6.07, 6.45) is 0.675. The first-order chi connectivity index (χ1) is 17.4. The van der Waals surface area contributed by atoms with E-state index < -0.39 is 6.43 Å². The molecule has 9 nitrogen and oxygen atoms in total. The highest BCUT2D eigenvalue weighted by molar-refractivity contribution is 5.82. The third kappa shape index (κ3) is 4.65. The molecule has 0 aliphatic heterocycles. The van der Waals surface area contributed by atoms with E-state index in [4.69, 9.17) is 4.74 Å². The quantitative estimate of drug-likeness (QED) is 0.326. The minimum atomic E-state index is -2.68. The number of methoxy groups -OCH3 is 1. The molecule has 0 bridgehead atoms. The third-order valence-corrected chi connectivity index (χ3v) is 5.74. The van der Waals surface area contributed by atoms with Crippen molar-refractivity contribution in [3.63, 3.8) is 0 Å². The van der Waals surface area contributed by atoms with Crippen molar-refractivity contribution in [1.82, 2.24) is 34.5 Å². The molecule has 184 valence electrons. The lowest BCUT2D eigenvalue weighted by atomic mass is 10.1. The van der Waals surface area contributed by atoms with Crippen LogP contribution in [0.3, 0.4) is 0 Å². The van der Waals surface area contributed by atoms with Crippen LogP contribution in [-0.2, 0) is 11.3 Å². The number of halogens is 2. The average Bonchev–Trinajstić information content (AvgIpc) is 3.46. The van der Waals surface area contributed by atoms with Gasteiger partial charge in [0.25, 0.3) is 6.43 Å². The van der Waals surface area contributed by atoms with Crippen molar-refractivity contribution >= 4 is 22.5 Å². The molecule has 0 aliphatic carbocycles. The molecule has 0 amide bonds. The highest BCUT2D eigenvalue weighted by Crippen LogP contribution is 2.33. The van der Waals surface area contributed by atoms with Crippen molar-refractivity contribution in [2.24, 2.45) is 0 Å². The van der Waals surface area contributed by atoms with Crippen LogP contribution in [0.4, 0.5) is 20.3 Å². The van der Waals surface area contributed by atoms with Gasteiger partial charge >= 0.3 is 0 Å². The molecule has 4 aromatic heterocycles. The first-order valence-corrected chi connectivity index (χ1v) is 11.3. The number of aryl methyl sites for hydroxylation is 2. The Kier molecular flexibility index (Phi) is 6.38. The normalized spacial score (nSPS) is 11.5. The summed E-state index contributed by atoms with van der Waals surface area (Å²) < 4.78 is 36.4. The summed E-state index contributed by atoms with van der Waals surface area (Å²) in [6, 6.07) is 12.4. The smallest absolute Gasteiger partial charge is 0.265 e. The number of aromatic nitrogens is 7. The maximum atomic E-state index is 13.9. The summed E-state index contributed by atoms with van der Waals surface area (Å²) in [5.41, 5.74) is 4.34. The summed E-state index contributed by atoms with van der Waals surface area (Å²) >= 11 is 0. The van der Waals surface area contributed by atoms with E-state index >= 15 is 0 Å². The van der Waals surface area contributed by atoms with Gasteiger partial charge in [0, 0.05) is 30.1 Å². The van der Waals surface area contributed by atoms with Crippen LogP contribution in [0, 0.1) is 13.8 Å². The van der Waals surface area contributed by atoms with E-state index in [0.29, 0.717) is 41.6 Å². The van der Waals surface area contributed by atoms with Gasteiger partial charge in [0.15, 0.2) is 5.82 Å². The molecule has 1 N–H and O–H groups in total. The van der Waals surface area contributed by atoms with Crippen molar-refractivity contribution in [2.75, 3.05) is 19.0 Å². The number of hydrogen-bond acceptors (Lipinski definition) is 7. The second kappa shape index (κ2) is 9.78. The van der Waals surface area contributed by atoms with Crippen LogP contribution in [0.5, 0.6) is 0 Å². The van der Waals surface area contributed by atoms with Gasteiger partial charge in [-0.15, -0.1) is 5.10 Å². The molecule has 0 unspecified atom stereocenters. The number of nitrogens with zero attached hydrogens (tertiary/aromatic N) is 7. The minimum Gasteiger partial charge on any atom is -0.383 e. The van der Waals surface area contributed by atoms with Gasteiger partial charge in [-0.05, 0) is 56.3 Å². The Labute approximate surface area is 205 Å². The van der Waals surface area contributed by atoms with E-state index in [0.717, 1.165) is 16.9 Å². The highest BCUT2D eigenvalue weighted by Gasteiger charge is 2.21. The summed E-state index contributed by atoms with van der Waals surface area (Å²) in [7, 11) is 1.60. The number of imidazole rings is 1. The zero-order valence-electron chi connectivity index (χ0n) is 20.0. The number of rotatable bonds is 8. The van der Waals surface area contributed by atoms with Gasteiger partial charge in [0.05, 0.1) is 41.3 Å². The molecule has 5 rings (SSSR count). The fourth-order valence-electron chi connectivity index (χ4n) is 3.92. The first kappa shape index (κ1) is 23.5. The lowest BCUT2D eigenvalue weighted by Crippen LogP contribution is -2.04. The molecule has 11 heteroatoms. The van der Waals surface area contributed by atoms with Gasteiger partial charge in [0.2, 0.25) is 0 Å². The van der Waals surface area contributed by atoms with Crippen molar-refractivity contribution in [3.8, 4) is 17.1 Å². The van der Waals surface area contributed by atoms with Crippen LogP contribution >= 0.6 is 0 Å². The SMILES string of the molecule is COCCn1cc(-c2nc(-n3cnc4cc(Nc5ccc(C)nn5)ccc43)ccc2C(F)F)c(C)n1. The van der Waals surface area contributed by atoms with Gasteiger partial charge in [-0.2, -0.15) is 10.2 Å². The maximum Gasteiger partial charge on any atom is 0.265 e. The van der Waals surface area contributed by atoms with Gasteiger partial charge in [-0.1, -0.05) is 0 Å². The zero-order valence-corrected chi connectivity index (χ0v) is 20.0. The Morgan fingerprint density at radius 2 is 1.92 bits per heavy atom. The van der Waals surface area contributed by atoms with E-state index in [1.165, 1.54) is 6.07 Å². The van der Waals surface area contributed by atoms with Crippen LogP contribution in [-0.4, -0.2) is 48.2 Å². The lowest BCUT2D eigenvalue weighted by Gasteiger charge is -2.11. The van der Waals surface area contributed by atoms with Crippen molar-refractivity contribution in [1.29, 1.82) is 0 Å². The fourth-order valence-corrected chi connectivity index (χ4v) is 3.92. The molecule has 0 saturated carbocycles. The Hall–Kier alpha value is -4.25. The largest absolute Gasteiger partial charge is 0.383 e.